The van der Waals surface area contributed by atoms with E-state index >= 15 is 0 Å². The zero-order valence-corrected chi connectivity index (χ0v) is 10.6. The number of nitro benzene ring substituents is 1. The second kappa shape index (κ2) is 6.60. The van der Waals surface area contributed by atoms with E-state index in [0.29, 0.717) is 6.42 Å². The number of hydrogen-bond donors (Lipinski definition) is 2. The number of halogens is 1. The van der Waals surface area contributed by atoms with E-state index in [1.165, 1.54) is 0 Å². The molecule has 108 valence electrons. The van der Waals surface area contributed by atoms with E-state index < -0.39 is 34.3 Å². The summed E-state index contributed by atoms with van der Waals surface area (Å²) < 4.78 is 13.1. The van der Waals surface area contributed by atoms with E-state index in [2.05, 4.69) is 5.32 Å². The highest BCUT2D eigenvalue weighted by molar-refractivity contribution is 5.97. The number of nitrogens with one attached hydrogen (secondary N) is 1. The molecule has 2 N–H and O–H groups in total. The first-order valence-electron chi connectivity index (χ1n) is 5.84. The fourth-order valence-electron chi connectivity index (χ4n) is 1.58. The van der Waals surface area contributed by atoms with Crippen LogP contribution in [0.25, 0.3) is 0 Å². The van der Waals surface area contributed by atoms with Gasteiger partial charge in [0.1, 0.15) is 6.04 Å². The fraction of sp³-hybridized carbons (Fsp3) is 0.333. The van der Waals surface area contributed by atoms with Gasteiger partial charge >= 0.3 is 11.7 Å². The first-order valence-corrected chi connectivity index (χ1v) is 5.84. The lowest BCUT2D eigenvalue weighted by Crippen LogP contribution is -2.40. The Morgan fingerprint density at radius 1 is 1.50 bits per heavy atom. The Balaban J connectivity index is 2.95. The normalized spacial score (nSPS) is 11.7. The molecule has 8 heteroatoms. The van der Waals surface area contributed by atoms with Crippen molar-refractivity contribution >= 4 is 17.6 Å². The van der Waals surface area contributed by atoms with Crippen LogP contribution in [0.4, 0.5) is 10.1 Å². The van der Waals surface area contributed by atoms with E-state index in [4.69, 9.17) is 5.11 Å². The van der Waals surface area contributed by atoms with Gasteiger partial charge in [0, 0.05) is 11.6 Å². The van der Waals surface area contributed by atoms with E-state index in [9.17, 15) is 24.1 Å². The largest absolute Gasteiger partial charge is 0.480 e. The third-order valence-corrected chi connectivity index (χ3v) is 2.59. The summed E-state index contributed by atoms with van der Waals surface area (Å²) in [6, 6.07) is 1.54. The standard InChI is InChI=1S/C12H13FN2O5/c1-2-3-9(12(17)18)14-11(16)7-4-5-8(13)10(6-7)15(19)20/h4-6,9H,2-3H2,1H3,(H,14,16)(H,17,18)/t9-/m1/s1. The quantitative estimate of drug-likeness (QED) is 0.610. The molecule has 0 spiro atoms. The molecule has 20 heavy (non-hydrogen) atoms. The maximum atomic E-state index is 13.1. The van der Waals surface area contributed by atoms with Gasteiger partial charge in [-0.2, -0.15) is 4.39 Å². The van der Waals surface area contributed by atoms with Crippen LogP contribution in [0.15, 0.2) is 18.2 Å². The Morgan fingerprint density at radius 3 is 2.65 bits per heavy atom. The molecule has 0 aliphatic carbocycles. The minimum atomic E-state index is -1.20. The molecular weight excluding hydrogens is 271 g/mol. The van der Waals surface area contributed by atoms with Crippen LogP contribution in [0.5, 0.6) is 0 Å². The Bertz CT molecular complexity index is 547. The summed E-state index contributed by atoms with van der Waals surface area (Å²) in [6.45, 7) is 1.75. The lowest BCUT2D eigenvalue weighted by Gasteiger charge is -2.13. The van der Waals surface area contributed by atoms with Crippen LogP contribution >= 0.6 is 0 Å². The van der Waals surface area contributed by atoms with Crippen molar-refractivity contribution in [3.63, 3.8) is 0 Å². The van der Waals surface area contributed by atoms with Crippen molar-refractivity contribution in [2.45, 2.75) is 25.8 Å². The fourth-order valence-corrected chi connectivity index (χ4v) is 1.58. The molecule has 0 fully saturated rings. The van der Waals surface area contributed by atoms with Crippen LogP contribution < -0.4 is 5.32 Å². The zero-order chi connectivity index (χ0) is 15.3. The molecule has 0 aliphatic heterocycles. The Hall–Kier alpha value is -2.51. The average molecular weight is 284 g/mol. The molecule has 0 saturated heterocycles. The van der Waals surface area contributed by atoms with Gasteiger partial charge in [0.05, 0.1) is 4.92 Å². The van der Waals surface area contributed by atoms with E-state index in [-0.39, 0.29) is 12.0 Å². The second-order valence-corrected chi connectivity index (χ2v) is 4.08. The van der Waals surface area contributed by atoms with E-state index in [0.717, 1.165) is 18.2 Å². The van der Waals surface area contributed by atoms with E-state index in [1.54, 1.807) is 6.92 Å². The highest BCUT2D eigenvalue weighted by Crippen LogP contribution is 2.18. The summed E-state index contributed by atoms with van der Waals surface area (Å²) in [5.74, 6) is -3.05. The molecule has 0 aliphatic rings. The third-order valence-electron chi connectivity index (χ3n) is 2.59. The van der Waals surface area contributed by atoms with Crippen LogP contribution in [0.1, 0.15) is 30.1 Å². The highest BCUT2D eigenvalue weighted by atomic mass is 19.1. The predicted octanol–water partition coefficient (Wildman–Crippen LogP) is 1.72. The number of carbonyl (C=O) groups excluding carboxylic acids is 1. The molecule has 7 nitrogen and oxygen atoms in total. The number of carboxylic acids is 1. The van der Waals surface area contributed by atoms with Crippen molar-refractivity contribution in [3.05, 3.63) is 39.7 Å². The monoisotopic (exact) mass is 284 g/mol. The second-order valence-electron chi connectivity index (χ2n) is 4.08. The topological polar surface area (TPSA) is 110 Å². The van der Waals surface area contributed by atoms with Gasteiger partial charge in [-0.15, -0.1) is 0 Å². The van der Waals surface area contributed by atoms with Crippen molar-refractivity contribution in [1.82, 2.24) is 5.32 Å². The molecule has 0 radical (unpaired) electrons. The zero-order valence-electron chi connectivity index (χ0n) is 10.6. The number of amides is 1. The van der Waals surface area contributed by atoms with Gasteiger partial charge in [-0.25, -0.2) is 4.79 Å². The summed E-state index contributed by atoms with van der Waals surface area (Å²) in [6.07, 6.45) is 0.769. The molecule has 0 saturated carbocycles. The number of carbonyl (C=O) groups is 2. The summed E-state index contributed by atoms with van der Waals surface area (Å²) in [7, 11) is 0. The lowest BCUT2D eigenvalue weighted by molar-refractivity contribution is -0.387. The number of benzene rings is 1. The number of aliphatic carboxylic acids is 1. The molecule has 0 bridgehead atoms. The summed E-state index contributed by atoms with van der Waals surface area (Å²) in [5.41, 5.74) is -1.000. The minimum absolute atomic E-state index is 0.166. The van der Waals surface area contributed by atoms with E-state index in [1.807, 2.05) is 0 Å². The third kappa shape index (κ3) is 3.74. The van der Waals surface area contributed by atoms with Crippen molar-refractivity contribution in [2.24, 2.45) is 0 Å². The van der Waals surface area contributed by atoms with Gasteiger partial charge in [-0.05, 0) is 18.6 Å². The van der Waals surface area contributed by atoms with Gasteiger partial charge in [0.15, 0.2) is 0 Å². The first-order chi connectivity index (χ1) is 9.36. The SMILES string of the molecule is CCC[C@@H](NC(=O)c1ccc(F)c([N+](=O)[O-])c1)C(=O)O. The molecular formula is C12H13FN2O5. The Morgan fingerprint density at radius 2 is 2.15 bits per heavy atom. The van der Waals surface area contributed by atoms with Crippen molar-refractivity contribution in [3.8, 4) is 0 Å². The molecule has 1 aromatic carbocycles. The molecule has 1 rings (SSSR count). The number of nitrogens with zero attached hydrogens (tertiary/aromatic N) is 1. The van der Waals surface area contributed by atoms with Crippen LogP contribution in [0.2, 0.25) is 0 Å². The van der Waals surface area contributed by atoms with Crippen LogP contribution in [0, 0.1) is 15.9 Å². The van der Waals surface area contributed by atoms with Gasteiger partial charge in [-0.3, -0.25) is 14.9 Å². The van der Waals surface area contributed by atoms with Crippen molar-refractivity contribution in [1.29, 1.82) is 0 Å². The Labute approximate surface area is 113 Å². The smallest absolute Gasteiger partial charge is 0.326 e. The van der Waals surface area contributed by atoms with Gasteiger partial charge in [0.25, 0.3) is 5.91 Å². The van der Waals surface area contributed by atoms with Crippen molar-refractivity contribution in [2.75, 3.05) is 0 Å². The molecule has 0 heterocycles. The van der Waals surface area contributed by atoms with Crippen LogP contribution in [0.3, 0.4) is 0 Å². The van der Waals surface area contributed by atoms with Crippen LogP contribution in [-0.2, 0) is 4.79 Å². The minimum Gasteiger partial charge on any atom is -0.480 e. The van der Waals surface area contributed by atoms with Gasteiger partial charge in [-0.1, -0.05) is 13.3 Å². The summed E-state index contributed by atoms with van der Waals surface area (Å²) >= 11 is 0. The molecule has 0 unspecified atom stereocenters. The maximum absolute atomic E-state index is 13.1. The van der Waals surface area contributed by atoms with Gasteiger partial charge in [0.2, 0.25) is 5.82 Å². The molecule has 0 aromatic heterocycles. The first kappa shape index (κ1) is 15.5. The summed E-state index contributed by atoms with van der Waals surface area (Å²) in [4.78, 5) is 32.3. The predicted molar refractivity (Wildman–Crippen MR) is 66.9 cm³/mol. The number of rotatable bonds is 6. The number of nitro groups is 1. The summed E-state index contributed by atoms with van der Waals surface area (Å²) in [5, 5.41) is 21.7. The average Bonchev–Trinajstić information content (AvgIpc) is 2.38. The number of hydrogen-bond acceptors (Lipinski definition) is 4. The Kier molecular flexibility index (Phi) is 5.13. The maximum Gasteiger partial charge on any atom is 0.326 e. The number of carboxylic acid groups (broad SMARTS) is 1. The molecule has 1 atom stereocenters. The highest BCUT2D eigenvalue weighted by Gasteiger charge is 2.22. The van der Waals surface area contributed by atoms with Crippen LogP contribution in [-0.4, -0.2) is 27.9 Å². The lowest BCUT2D eigenvalue weighted by atomic mass is 10.1. The molecule has 1 aromatic rings. The van der Waals surface area contributed by atoms with Gasteiger partial charge < -0.3 is 10.4 Å². The van der Waals surface area contributed by atoms with Crippen molar-refractivity contribution < 1.29 is 24.0 Å². The molecule has 1 amide bonds.